The Morgan fingerprint density at radius 1 is 1.08 bits per heavy atom. The molecule has 25 heavy (non-hydrogen) atoms. The van der Waals surface area contributed by atoms with Crippen molar-refractivity contribution in [1.29, 1.82) is 0 Å². The molecule has 1 amide bonds. The molecule has 0 unspecified atom stereocenters. The normalized spacial score (nSPS) is 9.24. The first-order valence-corrected chi connectivity index (χ1v) is 7.56. The van der Waals surface area contributed by atoms with Crippen molar-refractivity contribution in [2.24, 2.45) is 0 Å². The standard InChI is InChI=1S/C13H19NO3.2C2H4O2/c1-8(2)10-5-4-9(3)11(12(10)16)13(17)14-6-7-15;2*1-2(3)4/h4-5,8,15-16H,6-7H2,1-3H3,(H,14,17);2*1H3,(H,3,4). The number of phenols is 1. The second-order valence-corrected chi connectivity index (χ2v) is 5.37. The van der Waals surface area contributed by atoms with Crippen LogP contribution in [0, 0.1) is 6.92 Å². The molecule has 0 fully saturated rings. The first-order valence-electron chi connectivity index (χ1n) is 7.56. The van der Waals surface area contributed by atoms with Crippen LogP contribution in [0.15, 0.2) is 12.1 Å². The summed E-state index contributed by atoms with van der Waals surface area (Å²) in [5.41, 5.74) is 1.77. The average molecular weight is 357 g/mol. The Kier molecular flexibility index (Phi) is 12.6. The highest BCUT2D eigenvalue weighted by Gasteiger charge is 2.18. The number of carboxylic acids is 2. The lowest BCUT2D eigenvalue weighted by atomic mass is 9.95. The zero-order valence-electron chi connectivity index (χ0n) is 15.2. The van der Waals surface area contributed by atoms with E-state index in [-0.39, 0.29) is 30.7 Å². The lowest BCUT2D eigenvalue weighted by Gasteiger charge is -2.14. The van der Waals surface area contributed by atoms with Gasteiger partial charge in [-0.05, 0) is 24.0 Å². The molecule has 8 heteroatoms. The number of rotatable bonds is 4. The van der Waals surface area contributed by atoms with Gasteiger partial charge in [-0.2, -0.15) is 0 Å². The van der Waals surface area contributed by atoms with E-state index >= 15 is 0 Å². The van der Waals surface area contributed by atoms with E-state index in [4.69, 9.17) is 24.9 Å². The summed E-state index contributed by atoms with van der Waals surface area (Å²) >= 11 is 0. The first kappa shape index (κ1) is 24.6. The van der Waals surface area contributed by atoms with Gasteiger partial charge in [-0.15, -0.1) is 0 Å². The molecular weight excluding hydrogens is 330 g/mol. The molecule has 0 aliphatic heterocycles. The largest absolute Gasteiger partial charge is 0.507 e. The molecule has 1 aromatic rings. The van der Waals surface area contributed by atoms with Gasteiger partial charge in [0, 0.05) is 20.4 Å². The van der Waals surface area contributed by atoms with Crippen molar-refractivity contribution in [2.45, 2.75) is 40.5 Å². The monoisotopic (exact) mass is 357 g/mol. The predicted octanol–water partition coefficient (Wildman–Crippen LogP) is 1.73. The summed E-state index contributed by atoms with van der Waals surface area (Å²) < 4.78 is 0. The topological polar surface area (TPSA) is 144 Å². The summed E-state index contributed by atoms with van der Waals surface area (Å²) in [6, 6.07) is 3.65. The van der Waals surface area contributed by atoms with Crippen molar-refractivity contribution < 1.29 is 34.8 Å². The van der Waals surface area contributed by atoms with Gasteiger partial charge in [-0.3, -0.25) is 14.4 Å². The number of carbonyl (C=O) groups excluding carboxylic acids is 1. The molecule has 0 saturated carbocycles. The van der Waals surface area contributed by atoms with Crippen molar-refractivity contribution in [3.05, 3.63) is 28.8 Å². The molecule has 0 spiro atoms. The average Bonchev–Trinajstić information content (AvgIpc) is 2.43. The van der Waals surface area contributed by atoms with Crippen LogP contribution in [0.2, 0.25) is 0 Å². The Balaban J connectivity index is 0. The van der Waals surface area contributed by atoms with Crippen LogP contribution in [0.1, 0.15) is 55.1 Å². The van der Waals surface area contributed by atoms with E-state index in [0.29, 0.717) is 5.56 Å². The molecule has 0 aliphatic rings. The fourth-order valence-electron chi connectivity index (χ4n) is 1.72. The number of hydrogen-bond donors (Lipinski definition) is 5. The lowest BCUT2D eigenvalue weighted by molar-refractivity contribution is -0.135. The van der Waals surface area contributed by atoms with Crippen LogP contribution in [-0.2, 0) is 9.59 Å². The maximum absolute atomic E-state index is 11.8. The summed E-state index contributed by atoms with van der Waals surface area (Å²) in [7, 11) is 0. The van der Waals surface area contributed by atoms with E-state index in [9.17, 15) is 9.90 Å². The second kappa shape index (κ2) is 12.8. The fourth-order valence-corrected chi connectivity index (χ4v) is 1.72. The van der Waals surface area contributed by atoms with Gasteiger partial charge >= 0.3 is 0 Å². The Morgan fingerprint density at radius 3 is 1.88 bits per heavy atom. The number of benzene rings is 1. The van der Waals surface area contributed by atoms with Crippen LogP contribution in [0.3, 0.4) is 0 Å². The SMILES string of the molecule is CC(=O)O.CC(=O)O.Cc1ccc(C(C)C)c(O)c1C(=O)NCCO. The van der Waals surface area contributed by atoms with Gasteiger partial charge in [0.05, 0.1) is 12.2 Å². The maximum Gasteiger partial charge on any atom is 0.300 e. The summed E-state index contributed by atoms with van der Waals surface area (Å²) in [6.45, 7) is 7.93. The van der Waals surface area contributed by atoms with Gasteiger partial charge in [-0.25, -0.2) is 0 Å². The number of amides is 1. The molecule has 0 saturated heterocycles. The summed E-state index contributed by atoms with van der Waals surface area (Å²) in [5.74, 6) is -1.83. The summed E-state index contributed by atoms with van der Waals surface area (Å²) in [6.07, 6.45) is 0. The number of aliphatic hydroxyl groups excluding tert-OH is 1. The third kappa shape index (κ3) is 11.5. The lowest BCUT2D eigenvalue weighted by Crippen LogP contribution is -2.27. The van der Waals surface area contributed by atoms with E-state index in [1.807, 2.05) is 26.0 Å². The van der Waals surface area contributed by atoms with Crippen molar-refractivity contribution >= 4 is 17.8 Å². The number of aromatic hydroxyl groups is 1. The van der Waals surface area contributed by atoms with Crippen LogP contribution in [0.5, 0.6) is 5.75 Å². The van der Waals surface area contributed by atoms with Crippen LogP contribution in [-0.4, -0.2) is 51.4 Å². The molecule has 0 radical (unpaired) electrons. The van der Waals surface area contributed by atoms with E-state index in [1.54, 1.807) is 6.92 Å². The number of nitrogens with one attached hydrogen (secondary N) is 1. The molecule has 0 aromatic heterocycles. The van der Waals surface area contributed by atoms with Gasteiger partial charge in [0.15, 0.2) is 0 Å². The Bertz CT molecular complexity index is 563. The molecular formula is C17H27NO7. The predicted molar refractivity (Wildman–Crippen MR) is 93.0 cm³/mol. The number of phenolic OH excluding ortho intramolecular Hbond substituents is 1. The number of carboxylic acid groups (broad SMARTS) is 2. The number of aryl methyl sites for hydroxylation is 1. The van der Waals surface area contributed by atoms with Crippen LogP contribution in [0.25, 0.3) is 0 Å². The molecule has 0 atom stereocenters. The van der Waals surface area contributed by atoms with Crippen LogP contribution in [0.4, 0.5) is 0 Å². The Labute approximate surface area is 147 Å². The highest BCUT2D eigenvalue weighted by atomic mass is 16.4. The Morgan fingerprint density at radius 2 is 1.52 bits per heavy atom. The molecule has 0 bridgehead atoms. The van der Waals surface area contributed by atoms with Crippen LogP contribution >= 0.6 is 0 Å². The molecule has 1 rings (SSSR count). The van der Waals surface area contributed by atoms with Crippen LogP contribution < -0.4 is 5.32 Å². The molecule has 1 aromatic carbocycles. The first-order chi connectivity index (χ1) is 11.4. The molecule has 5 N–H and O–H groups in total. The van der Waals surface area contributed by atoms with Gasteiger partial charge in [0.2, 0.25) is 0 Å². The molecule has 142 valence electrons. The molecule has 0 aliphatic carbocycles. The van der Waals surface area contributed by atoms with E-state index in [0.717, 1.165) is 25.0 Å². The Hall–Kier alpha value is -2.61. The maximum atomic E-state index is 11.8. The quantitative estimate of drug-likeness (QED) is 0.552. The van der Waals surface area contributed by atoms with E-state index in [1.165, 1.54) is 0 Å². The zero-order valence-corrected chi connectivity index (χ0v) is 15.2. The minimum Gasteiger partial charge on any atom is -0.507 e. The second-order valence-electron chi connectivity index (χ2n) is 5.37. The minimum atomic E-state index is -0.833. The third-order valence-electron chi connectivity index (χ3n) is 2.66. The highest BCUT2D eigenvalue weighted by Crippen LogP contribution is 2.31. The zero-order chi connectivity index (χ0) is 20.2. The van der Waals surface area contributed by atoms with Crippen molar-refractivity contribution in [2.75, 3.05) is 13.2 Å². The van der Waals surface area contributed by atoms with Gasteiger partial charge in [0.25, 0.3) is 17.8 Å². The number of aliphatic hydroxyl groups is 1. The van der Waals surface area contributed by atoms with Gasteiger partial charge in [0.1, 0.15) is 5.75 Å². The molecule has 0 heterocycles. The molecule has 8 nitrogen and oxygen atoms in total. The van der Waals surface area contributed by atoms with Gasteiger partial charge < -0.3 is 25.7 Å². The van der Waals surface area contributed by atoms with Gasteiger partial charge in [-0.1, -0.05) is 26.0 Å². The summed E-state index contributed by atoms with van der Waals surface area (Å²) in [4.78, 5) is 29.8. The smallest absolute Gasteiger partial charge is 0.300 e. The van der Waals surface area contributed by atoms with Crippen molar-refractivity contribution in [3.63, 3.8) is 0 Å². The summed E-state index contributed by atoms with van der Waals surface area (Å²) in [5, 5.41) is 36.1. The fraction of sp³-hybridized carbons (Fsp3) is 0.471. The van der Waals surface area contributed by atoms with Crippen molar-refractivity contribution in [3.8, 4) is 5.75 Å². The van der Waals surface area contributed by atoms with Crippen molar-refractivity contribution in [1.82, 2.24) is 5.32 Å². The third-order valence-corrected chi connectivity index (χ3v) is 2.66. The minimum absolute atomic E-state index is 0.0374. The number of carbonyl (C=O) groups is 3. The van der Waals surface area contributed by atoms with E-state index in [2.05, 4.69) is 5.32 Å². The number of hydrogen-bond acceptors (Lipinski definition) is 5. The number of aliphatic carboxylic acids is 2. The van der Waals surface area contributed by atoms with E-state index < -0.39 is 11.9 Å². The highest BCUT2D eigenvalue weighted by molar-refractivity contribution is 5.98.